The Hall–Kier alpha value is -1.20. The van der Waals surface area contributed by atoms with Crippen LogP contribution < -0.4 is 0 Å². The van der Waals surface area contributed by atoms with Gasteiger partial charge in [-0.25, -0.2) is 4.79 Å². The molecule has 0 radical (unpaired) electrons. The van der Waals surface area contributed by atoms with Crippen molar-refractivity contribution in [2.45, 2.75) is 90.1 Å². The molecule has 5 nitrogen and oxygen atoms in total. The van der Waals surface area contributed by atoms with E-state index < -0.39 is 11.6 Å². The second-order valence-corrected chi connectivity index (χ2v) is 8.53. The van der Waals surface area contributed by atoms with E-state index in [0.29, 0.717) is 25.2 Å². The molecule has 0 aromatic rings. The molecule has 1 unspecified atom stereocenters. The van der Waals surface area contributed by atoms with Crippen molar-refractivity contribution in [2.75, 3.05) is 13.7 Å². The summed E-state index contributed by atoms with van der Waals surface area (Å²) in [5, 5.41) is 18.7. The minimum absolute atomic E-state index is 0.0482. The third-order valence-corrected chi connectivity index (χ3v) is 5.99. The van der Waals surface area contributed by atoms with Crippen molar-refractivity contribution in [3.63, 3.8) is 0 Å². The number of rotatable bonds is 15. The number of ketones is 1. The summed E-state index contributed by atoms with van der Waals surface area (Å²) < 4.78 is 5.35. The van der Waals surface area contributed by atoms with Crippen LogP contribution in [0.2, 0.25) is 0 Å². The van der Waals surface area contributed by atoms with Crippen LogP contribution in [0.25, 0.3) is 0 Å². The number of carboxylic acid groups (broad SMARTS) is 1. The zero-order valence-corrected chi connectivity index (χ0v) is 18.0. The number of ether oxygens (including phenoxy) is 1. The Bertz CT molecular complexity index is 497. The normalized spacial score (nSPS) is 24.7. The number of hydrogen-bond acceptors (Lipinski definition) is 4. The Morgan fingerprint density at radius 1 is 1.21 bits per heavy atom. The fourth-order valence-electron chi connectivity index (χ4n) is 4.18. The van der Waals surface area contributed by atoms with E-state index in [1.807, 2.05) is 0 Å². The quantitative estimate of drug-likeness (QED) is 0.308. The van der Waals surface area contributed by atoms with Gasteiger partial charge >= 0.3 is 5.97 Å². The molecule has 0 saturated heterocycles. The lowest BCUT2D eigenvalue weighted by Gasteiger charge is -2.21. The first-order valence-electron chi connectivity index (χ1n) is 11.0. The van der Waals surface area contributed by atoms with E-state index in [-0.39, 0.29) is 24.2 Å². The monoisotopic (exact) mass is 396 g/mol. The van der Waals surface area contributed by atoms with Crippen molar-refractivity contribution in [2.24, 2.45) is 17.8 Å². The van der Waals surface area contributed by atoms with Gasteiger partial charge in [0.25, 0.3) is 0 Å². The van der Waals surface area contributed by atoms with Gasteiger partial charge in [0, 0.05) is 19.4 Å². The van der Waals surface area contributed by atoms with Crippen LogP contribution in [0.5, 0.6) is 0 Å². The Labute approximate surface area is 170 Å². The maximum absolute atomic E-state index is 12.5. The predicted octanol–water partition coefficient (Wildman–Crippen LogP) is 4.77. The molecule has 1 saturated carbocycles. The fourth-order valence-corrected chi connectivity index (χ4v) is 4.18. The Morgan fingerprint density at radius 2 is 1.93 bits per heavy atom. The van der Waals surface area contributed by atoms with Gasteiger partial charge in [0.15, 0.2) is 5.60 Å². The number of carbonyl (C=O) groups is 2. The molecule has 4 atom stereocenters. The average Bonchev–Trinajstić information content (AvgIpc) is 2.92. The highest BCUT2D eigenvalue weighted by Crippen LogP contribution is 2.39. The van der Waals surface area contributed by atoms with E-state index in [1.165, 1.54) is 32.6 Å². The maximum Gasteiger partial charge on any atom is 0.335 e. The van der Waals surface area contributed by atoms with Crippen LogP contribution in [0.1, 0.15) is 84.5 Å². The minimum Gasteiger partial charge on any atom is -0.479 e. The van der Waals surface area contributed by atoms with Gasteiger partial charge in [-0.05, 0) is 50.9 Å². The van der Waals surface area contributed by atoms with E-state index in [1.54, 1.807) is 7.11 Å². The van der Waals surface area contributed by atoms with Gasteiger partial charge in [-0.3, -0.25) is 4.79 Å². The highest BCUT2D eigenvalue weighted by atomic mass is 16.5. The summed E-state index contributed by atoms with van der Waals surface area (Å²) in [5.74, 6) is -0.278. The fraction of sp³-hybridized carbons (Fsp3) is 0.826. The Kier molecular flexibility index (Phi) is 11.6. The van der Waals surface area contributed by atoms with Crippen LogP contribution in [-0.4, -0.2) is 41.3 Å². The summed E-state index contributed by atoms with van der Waals surface area (Å²) in [6, 6.07) is 0. The molecule has 28 heavy (non-hydrogen) atoms. The smallest absolute Gasteiger partial charge is 0.335 e. The summed E-state index contributed by atoms with van der Waals surface area (Å²) >= 11 is 0. The largest absolute Gasteiger partial charge is 0.479 e. The molecule has 1 rings (SSSR count). The molecule has 1 aliphatic carbocycles. The van der Waals surface area contributed by atoms with Crippen LogP contribution in [0.4, 0.5) is 0 Å². The third kappa shape index (κ3) is 8.44. The van der Waals surface area contributed by atoms with Crippen molar-refractivity contribution in [3.8, 4) is 0 Å². The number of methoxy groups -OCH3 is 1. The van der Waals surface area contributed by atoms with E-state index in [0.717, 1.165) is 25.7 Å². The molecule has 1 fully saturated rings. The molecule has 0 aliphatic heterocycles. The number of hydrogen-bond donors (Lipinski definition) is 2. The molecule has 2 N–H and O–H groups in total. The van der Waals surface area contributed by atoms with E-state index in [4.69, 9.17) is 9.84 Å². The van der Waals surface area contributed by atoms with E-state index >= 15 is 0 Å². The highest BCUT2D eigenvalue weighted by molar-refractivity contribution is 5.84. The topological polar surface area (TPSA) is 83.8 Å². The molecule has 1 aliphatic rings. The second-order valence-electron chi connectivity index (χ2n) is 8.53. The van der Waals surface area contributed by atoms with Gasteiger partial charge in [-0.1, -0.05) is 51.2 Å². The molecule has 0 bridgehead atoms. The van der Waals surface area contributed by atoms with E-state index in [2.05, 4.69) is 19.1 Å². The van der Waals surface area contributed by atoms with Gasteiger partial charge in [-0.15, -0.1) is 0 Å². The lowest BCUT2D eigenvalue weighted by molar-refractivity contribution is -0.157. The number of unbranched alkanes of at least 4 members (excludes halogenated alkanes) is 6. The van der Waals surface area contributed by atoms with E-state index in [9.17, 15) is 14.7 Å². The SMILES string of the molecule is CCCCCCC=C[C@H]1[C@H](COC)CC(=O)[C@@H]1CCCCCC(C)(O)C(=O)O. The van der Waals surface area contributed by atoms with Crippen LogP contribution in [-0.2, 0) is 14.3 Å². The van der Waals surface area contributed by atoms with Crippen LogP contribution in [0, 0.1) is 17.8 Å². The third-order valence-electron chi connectivity index (χ3n) is 5.99. The molecule has 0 spiro atoms. The van der Waals surface area contributed by atoms with Crippen molar-refractivity contribution in [1.29, 1.82) is 0 Å². The number of Topliss-reactive ketones (excluding diaryl/α,β-unsaturated/α-hetero) is 1. The van der Waals surface area contributed by atoms with Crippen LogP contribution >= 0.6 is 0 Å². The molecule has 0 heterocycles. The molecule has 0 aromatic heterocycles. The number of aliphatic carboxylic acids is 1. The van der Waals surface area contributed by atoms with Gasteiger partial charge < -0.3 is 14.9 Å². The first kappa shape index (κ1) is 24.8. The molecule has 5 heteroatoms. The average molecular weight is 397 g/mol. The standard InChI is InChI=1S/C23H40O5/c1-4-5-6-7-8-10-13-19-18(17-28-3)16-21(24)20(19)14-11-9-12-15-23(2,27)22(25)26/h10,13,18-20,27H,4-9,11-12,14-17H2,1-3H3,(H,25,26)/t18-,19-,20+,23?/m0/s1. The molecular weight excluding hydrogens is 356 g/mol. The maximum atomic E-state index is 12.5. The number of allylic oxidation sites excluding steroid dienone is 2. The lowest BCUT2D eigenvalue weighted by atomic mass is 9.85. The zero-order chi connectivity index (χ0) is 21.0. The summed E-state index contributed by atoms with van der Waals surface area (Å²) in [4.78, 5) is 23.5. The number of carbonyl (C=O) groups excluding carboxylic acids is 1. The van der Waals surface area contributed by atoms with Crippen molar-refractivity contribution in [3.05, 3.63) is 12.2 Å². The minimum atomic E-state index is -1.66. The van der Waals surface area contributed by atoms with Gasteiger partial charge in [0.1, 0.15) is 5.78 Å². The summed E-state index contributed by atoms with van der Waals surface area (Å²) in [6.45, 7) is 4.17. The van der Waals surface area contributed by atoms with Crippen molar-refractivity contribution < 1.29 is 24.5 Å². The highest BCUT2D eigenvalue weighted by Gasteiger charge is 2.40. The molecular formula is C23H40O5. The van der Waals surface area contributed by atoms with Crippen molar-refractivity contribution >= 4 is 11.8 Å². The Balaban J connectivity index is 2.49. The van der Waals surface area contributed by atoms with Crippen LogP contribution in [0.15, 0.2) is 12.2 Å². The second kappa shape index (κ2) is 13.1. The predicted molar refractivity (Wildman–Crippen MR) is 111 cm³/mol. The molecule has 0 amide bonds. The van der Waals surface area contributed by atoms with Gasteiger partial charge in [0.05, 0.1) is 6.61 Å². The summed E-state index contributed by atoms with van der Waals surface area (Å²) in [6.07, 6.45) is 14.6. The van der Waals surface area contributed by atoms with Gasteiger partial charge in [0.2, 0.25) is 0 Å². The van der Waals surface area contributed by atoms with Crippen LogP contribution in [0.3, 0.4) is 0 Å². The zero-order valence-electron chi connectivity index (χ0n) is 18.0. The first-order chi connectivity index (χ1) is 13.3. The molecule has 162 valence electrons. The Morgan fingerprint density at radius 3 is 2.57 bits per heavy atom. The lowest BCUT2D eigenvalue weighted by Crippen LogP contribution is -2.34. The summed E-state index contributed by atoms with van der Waals surface area (Å²) in [5.41, 5.74) is -1.66. The summed E-state index contributed by atoms with van der Waals surface area (Å²) in [7, 11) is 1.69. The molecule has 0 aromatic carbocycles. The van der Waals surface area contributed by atoms with Gasteiger partial charge in [-0.2, -0.15) is 0 Å². The number of carboxylic acids is 1. The van der Waals surface area contributed by atoms with Crippen molar-refractivity contribution in [1.82, 2.24) is 0 Å². The number of aliphatic hydroxyl groups is 1. The first-order valence-corrected chi connectivity index (χ1v) is 11.0.